The first-order chi connectivity index (χ1) is 7.03. The van der Waals surface area contributed by atoms with Gasteiger partial charge in [0.05, 0.1) is 12.5 Å². The summed E-state index contributed by atoms with van der Waals surface area (Å²) in [5.74, 6) is 0. The fraction of sp³-hybridized carbons (Fsp3) is 0.667. The second kappa shape index (κ2) is 5.33. The van der Waals surface area contributed by atoms with Crippen LogP contribution in [-0.4, -0.2) is 24.0 Å². The molecule has 86 valence electrons. The minimum absolute atomic E-state index is 0.0900. The molecule has 0 amide bonds. The minimum atomic E-state index is -0.0900. The van der Waals surface area contributed by atoms with Crippen molar-refractivity contribution in [1.82, 2.24) is 4.90 Å². The van der Waals surface area contributed by atoms with Crippen molar-refractivity contribution in [2.45, 2.75) is 38.8 Å². The first-order valence-electron chi connectivity index (χ1n) is 5.52. The van der Waals surface area contributed by atoms with Crippen LogP contribution in [0.5, 0.6) is 0 Å². The maximum Gasteiger partial charge on any atom is 0.0947 e. The molecule has 0 saturated heterocycles. The standard InChI is InChI=1S/C12H22N2O/c1-4-6-12(2,13)10-14(3)8-11-5-7-15-9-11/h5,7,9H,4,6,8,10,13H2,1-3H3. The molecular weight excluding hydrogens is 188 g/mol. The molecule has 0 radical (unpaired) electrons. The molecule has 0 aliphatic carbocycles. The predicted octanol–water partition coefficient (Wildman–Crippen LogP) is 2.23. The van der Waals surface area contributed by atoms with E-state index < -0.39 is 0 Å². The minimum Gasteiger partial charge on any atom is -0.472 e. The van der Waals surface area contributed by atoms with Crippen LogP contribution in [0.25, 0.3) is 0 Å². The van der Waals surface area contributed by atoms with E-state index in [1.165, 1.54) is 5.56 Å². The molecule has 1 aromatic heterocycles. The summed E-state index contributed by atoms with van der Waals surface area (Å²) in [6, 6.07) is 1.99. The molecule has 0 bridgehead atoms. The van der Waals surface area contributed by atoms with Gasteiger partial charge in [0.1, 0.15) is 0 Å². The van der Waals surface area contributed by atoms with Crippen molar-refractivity contribution in [3.8, 4) is 0 Å². The van der Waals surface area contributed by atoms with Gasteiger partial charge in [0, 0.05) is 24.2 Å². The van der Waals surface area contributed by atoms with Crippen LogP contribution in [0.15, 0.2) is 23.0 Å². The molecule has 1 heterocycles. The van der Waals surface area contributed by atoms with E-state index in [4.69, 9.17) is 10.2 Å². The zero-order valence-corrected chi connectivity index (χ0v) is 9.99. The van der Waals surface area contributed by atoms with E-state index in [9.17, 15) is 0 Å². The van der Waals surface area contributed by atoms with Crippen molar-refractivity contribution in [3.05, 3.63) is 24.2 Å². The Labute approximate surface area is 92.2 Å². The van der Waals surface area contributed by atoms with Gasteiger partial charge in [-0.25, -0.2) is 0 Å². The summed E-state index contributed by atoms with van der Waals surface area (Å²) in [5, 5.41) is 0. The lowest BCUT2D eigenvalue weighted by Crippen LogP contribution is -2.46. The Bertz CT molecular complexity index is 267. The van der Waals surface area contributed by atoms with Crippen LogP contribution in [0.1, 0.15) is 32.3 Å². The Morgan fingerprint density at radius 2 is 2.27 bits per heavy atom. The van der Waals surface area contributed by atoms with Gasteiger partial charge in [0.25, 0.3) is 0 Å². The summed E-state index contributed by atoms with van der Waals surface area (Å²) in [5.41, 5.74) is 7.30. The van der Waals surface area contributed by atoms with Gasteiger partial charge in [-0.15, -0.1) is 0 Å². The van der Waals surface area contributed by atoms with Crippen LogP contribution in [-0.2, 0) is 6.54 Å². The topological polar surface area (TPSA) is 42.4 Å². The largest absolute Gasteiger partial charge is 0.472 e. The average molecular weight is 210 g/mol. The van der Waals surface area contributed by atoms with Gasteiger partial charge in [-0.1, -0.05) is 13.3 Å². The maximum atomic E-state index is 6.19. The molecule has 0 spiro atoms. The number of furan rings is 1. The molecular formula is C12H22N2O. The molecule has 15 heavy (non-hydrogen) atoms. The Kier molecular flexibility index (Phi) is 4.36. The molecule has 0 aliphatic heterocycles. The highest BCUT2D eigenvalue weighted by atomic mass is 16.3. The lowest BCUT2D eigenvalue weighted by atomic mass is 9.97. The summed E-state index contributed by atoms with van der Waals surface area (Å²) < 4.78 is 5.04. The van der Waals surface area contributed by atoms with E-state index in [1.807, 2.05) is 6.07 Å². The fourth-order valence-corrected chi connectivity index (χ4v) is 2.02. The summed E-state index contributed by atoms with van der Waals surface area (Å²) >= 11 is 0. The van der Waals surface area contributed by atoms with Gasteiger partial charge in [0.2, 0.25) is 0 Å². The molecule has 2 N–H and O–H groups in total. The van der Waals surface area contributed by atoms with Crippen molar-refractivity contribution in [1.29, 1.82) is 0 Å². The number of hydrogen-bond acceptors (Lipinski definition) is 3. The van der Waals surface area contributed by atoms with Crippen molar-refractivity contribution < 1.29 is 4.42 Å². The third kappa shape index (κ3) is 4.49. The molecule has 0 aliphatic rings. The van der Waals surface area contributed by atoms with Crippen molar-refractivity contribution in [3.63, 3.8) is 0 Å². The number of nitrogens with two attached hydrogens (primary N) is 1. The number of nitrogens with zero attached hydrogens (tertiary/aromatic N) is 1. The Balaban J connectivity index is 2.38. The van der Waals surface area contributed by atoms with Crippen LogP contribution in [0.4, 0.5) is 0 Å². The third-order valence-corrected chi connectivity index (χ3v) is 2.48. The van der Waals surface area contributed by atoms with E-state index >= 15 is 0 Å². The van der Waals surface area contributed by atoms with Crippen molar-refractivity contribution in [2.75, 3.05) is 13.6 Å². The second-order valence-corrected chi connectivity index (χ2v) is 4.71. The Hall–Kier alpha value is -0.800. The average Bonchev–Trinajstić information content (AvgIpc) is 2.54. The molecule has 1 atom stereocenters. The highest BCUT2D eigenvalue weighted by Crippen LogP contribution is 2.12. The van der Waals surface area contributed by atoms with E-state index in [0.29, 0.717) is 0 Å². The highest BCUT2D eigenvalue weighted by Gasteiger charge is 2.19. The second-order valence-electron chi connectivity index (χ2n) is 4.71. The van der Waals surface area contributed by atoms with Crippen LogP contribution in [0.3, 0.4) is 0 Å². The van der Waals surface area contributed by atoms with Crippen LogP contribution in [0.2, 0.25) is 0 Å². The summed E-state index contributed by atoms with van der Waals surface area (Å²) in [6.45, 7) is 6.09. The zero-order chi connectivity index (χ0) is 11.3. The van der Waals surface area contributed by atoms with Gasteiger partial charge in [-0.3, -0.25) is 0 Å². The van der Waals surface area contributed by atoms with Crippen molar-refractivity contribution in [2.24, 2.45) is 5.73 Å². The summed E-state index contributed by atoms with van der Waals surface area (Å²) in [6.07, 6.45) is 5.68. The summed E-state index contributed by atoms with van der Waals surface area (Å²) in [4.78, 5) is 2.24. The van der Waals surface area contributed by atoms with Gasteiger partial charge >= 0.3 is 0 Å². The van der Waals surface area contributed by atoms with E-state index in [1.54, 1.807) is 12.5 Å². The lowest BCUT2D eigenvalue weighted by molar-refractivity contribution is 0.240. The van der Waals surface area contributed by atoms with Gasteiger partial charge in [-0.05, 0) is 26.5 Å². The van der Waals surface area contributed by atoms with E-state index in [-0.39, 0.29) is 5.54 Å². The zero-order valence-electron chi connectivity index (χ0n) is 9.99. The first-order valence-corrected chi connectivity index (χ1v) is 5.52. The fourth-order valence-electron chi connectivity index (χ4n) is 2.02. The normalized spacial score (nSPS) is 15.5. The predicted molar refractivity (Wildman–Crippen MR) is 62.5 cm³/mol. The SMILES string of the molecule is CCCC(C)(N)CN(C)Cc1ccoc1. The van der Waals surface area contributed by atoms with Crippen LogP contribution >= 0.6 is 0 Å². The summed E-state index contributed by atoms with van der Waals surface area (Å²) in [7, 11) is 2.09. The van der Waals surface area contributed by atoms with E-state index in [2.05, 4.69) is 25.8 Å². The van der Waals surface area contributed by atoms with Gasteiger partial charge in [-0.2, -0.15) is 0 Å². The number of rotatable bonds is 6. The molecule has 0 aromatic carbocycles. The third-order valence-electron chi connectivity index (χ3n) is 2.48. The molecule has 0 fully saturated rings. The lowest BCUT2D eigenvalue weighted by Gasteiger charge is -2.29. The van der Waals surface area contributed by atoms with Gasteiger partial charge < -0.3 is 15.1 Å². The number of likely N-dealkylation sites (N-methyl/N-ethyl adjacent to an activating group) is 1. The molecule has 1 aromatic rings. The Morgan fingerprint density at radius 1 is 1.53 bits per heavy atom. The molecule has 0 saturated carbocycles. The molecule has 3 nitrogen and oxygen atoms in total. The molecule has 3 heteroatoms. The van der Waals surface area contributed by atoms with Crippen LogP contribution < -0.4 is 5.73 Å². The first kappa shape index (κ1) is 12.3. The smallest absolute Gasteiger partial charge is 0.0947 e. The highest BCUT2D eigenvalue weighted by molar-refractivity contribution is 5.04. The van der Waals surface area contributed by atoms with Crippen molar-refractivity contribution >= 4 is 0 Å². The maximum absolute atomic E-state index is 6.19. The number of hydrogen-bond donors (Lipinski definition) is 1. The van der Waals surface area contributed by atoms with Gasteiger partial charge in [0.15, 0.2) is 0 Å². The quantitative estimate of drug-likeness (QED) is 0.783. The van der Waals surface area contributed by atoms with E-state index in [0.717, 1.165) is 25.9 Å². The Morgan fingerprint density at radius 3 is 2.80 bits per heavy atom. The molecule has 1 unspecified atom stereocenters. The van der Waals surface area contributed by atoms with Crippen LogP contribution in [0, 0.1) is 0 Å². The molecule has 1 rings (SSSR count). The monoisotopic (exact) mass is 210 g/mol.